The highest BCUT2D eigenvalue weighted by Gasteiger charge is 2.43. The van der Waals surface area contributed by atoms with Crippen molar-refractivity contribution in [3.63, 3.8) is 0 Å². The van der Waals surface area contributed by atoms with Crippen LogP contribution in [-0.4, -0.2) is 63.0 Å². The molecule has 1 fully saturated rings. The third kappa shape index (κ3) is 4.12. The number of fused-ring (bicyclic) bond motifs is 3. The molecule has 1 N–H and O–H groups in total. The number of allylic oxidation sites excluding steroid dienone is 3. The minimum absolute atomic E-state index is 0.142. The van der Waals surface area contributed by atoms with Crippen molar-refractivity contribution >= 4 is 17.6 Å². The van der Waals surface area contributed by atoms with Gasteiger partial charge in [0.15, 0.2) is 11.4 Å². The third-order valence-electron chi connectivity index (χ3n) is 6.70. The van der Waals surface area contributed by atoms with Gasteiger partial charge in [-0.3, -0.25) is 19.6 Å². The van der Waals surface area contributed by atoms with E-state index < -0.39 is 5.54 Å². The number of benzene rings is 1. The highest BCUT2D eigenvalue weighted by Crippen LogP contribution is 2.42. The lowest BCUT2D eigenvalue weighted by Gasteiger charge is -2.40. The zero-order valence-corrected chi connectivity index (χ0v) is 21.1. The van der Waals surface area contributed by atoms with Gasteiger partial charge in [0.2, 0.25) is 5.91 Å². The van der Waals surface area contributed by atoms with Crippen molar-refractivity contribution in [2.75, 3.05) is 20.1 Å². The Labute approximate surface area is 215 Å². The molecule has 9 heteroatoms. The lowest BCUT2D eigenvalue weighted by Crippen LogP contribution is -2.63. The quantitative estimate of drug-likeness (QED) is 0.339. The summed E-state index contributed by atoms with van der Waals surface area (Å²) in [6, 6.07) is 9.99. The first kappa shape index (κ1) is 24.2. The SMILES string of the molecule is C=C/C=C\C(=NC)n1nc(C(=O)N2CCNC(=O)C2(C)C)c2c1-c1cc(-c3cccnc3)ccc1CO2. The normalized spacial score (nSPS) is 16.6. The second-order valence-corrected chi connectivity index (χ2v) is 9.29. The number of pyridine rings is 1. The average Bonchev–Trinajstić information content (AvgIpc) is 3.30. The first-order valence-electron chi connectivity index (χ1n) is 12.0. The number of hydrogen-bond donors (Lipinski definition) is 1. The molecule has 0 bridgehead atoms. The molecule has 1 saturated heterocycles. The molecule has 2 aromatic heterocycles. The molecule has 37 heavy (non-hydrogen) atoms. The van der Waals surface area contributed by atoms with Gasteiger partial charge >= 0.3 is 0 Å². The van der Waals surface area contributed by atoms with E-state index in [4.69, 9.17) is 9.84 Å². The number of aliphatic imine (C=N–C) groups is 1. The second kappa shape index (κ2) is 9.50. The fourth-order valence-electron chi connectivity index (χ4n) is 4.65. The highest BCUT2D eigenvalue weighted by atomic mass is 16.5. The van der Waals surface area contributed by atoms with Crippen molar-refractivity contribution in [2.45, 2.75) is 26.0 Å². The molecule has 0 atom stereocenters. The van der Waals surface area contributed by atoms with Gasteiger partial charge in [-0.1, -0.05) is 36.9 Å². The molecule has 2 aliphatic rings. The van der Waals surface area contributed by atoms with Crippen LogP contribution in [0.25, 0.3) is 22.4 Å². The number of amides is 2. The maximum Gasteiger partial charge on any atom is 0.279 e. The van der Waals surface area contributed by atoms with Crippen LogP contribution in [0.2, 0.25) is 0 Å². The van der Waals surface area contributed by atoms with E-state index in [1.807, 2.05) is 30.5 Å². The van der Waals surface area contributed by atoms with Crippen molar-refractivity contribution < 1.29 is 14.3 Å². The van der Waals surface area contributed by atoms with Crippen LogP contribution in [0.1, 0.15) is 29.9 Å². The number of carbonyl (C=O) groups excluding carboxylic acids is 2. The zero-order chi connectivity index (χ0) is 26.2. The van der Waals surface area contributed by atoms with Crippen LogP contribution in [-0.2, 0) is 11.4 Å². The van der Waals surface area contributed by atoms with Crippen LogP contribution < -0.4 is 10.1 Å². The fourth-order valence-corrected chi connectivity index (χ4v) is 4.65. The maximum absolute atomic E-state index is 13.9. The van der Waals surface area contributed by atoms with Gasteiger partial charge in [-0.15, -0.1) is 0 Å². The predicted molar refractivity (Wildman–Crippen MR) is 141 cm³/mol. The van der Waals surface area contributed by atoms with E-state index in [2.05, 4.69) is 27.9 Å². The van der Waals surface area contributed by atoms with Crippen molar-refractivity contribution in [1.82, 2.24) is 25.0 Å². The summed E-state index contributed by atoms with van der Waals surface area (Å²) < 4.78 is 7.80. The predicted octanol–water partition coefficient (Wildman–Crippen LogP) is 3.47. The minimum Gasteiger partial charge on any atom is -0.484 e. The summed E-state index contributed by atoms with van der Waals surface area (Å²) in [5.41, 5.74) is 3.53. The van der Waals surface area contributed by atoms with Crippen molar-refractivity contribution in [1.29, 1.82) is 0 Å². The molecule has 1 aromatic carbocycles. The van der Waals surface area contributed by atoms with Gasteiger partial charge in [0.25, 0.3) is 5.91 Å². The van der Waals surface area contributed by atoms with Gasteiger partial charge in [0.05, 0.1) is 0 Å². The number of ether oxygens (including phenoxy) is 1. The second-order valence-electron chi connectivity index (χ2n) is 9.29. The van der Waals surface area contributed by atoms with Crippen molar-refractivity contribution in [3.8, 4) is 28.1 Å². The minimum atomic E-state index is -1.03. The molecule has 2 amide bonds. The van der Waals surface area contributed by atoms with E-state index in [0.717, 1.165) is 22.3 Å². The molecule has 4 heterocycles. The zero-order valence-electron chi connectivity index (χ0n) is 21.1. The Hall–Kier alpha value is -4.53. The van der Waals surface area contributed by atoms with Gasteiger partial charge in [-0.2, -0.15) is 5.10 Å². The molecule has 3 aromatic rings. The molecular weight excluding hydrogens is 468 g/mol. The Morgan fingerprint density at radius 3 is 2.84 bits per heavy atom. The Kier molecular flexibility index (Phi) is 6.20. The molecule has 0 radical (unpaired) electrons. The summed E-state index contributed by atoms with van der Waals surface area (Å²) >= 11 is 0. The van der Waals surface area contributed by atoms with Gasteiger partial charge in [-0.05, 0) is 43.2 Å². The van der Waals surface area contributed by atoms with Gasteiger partial charge < -0.3 is 15.0 Å². The van der Waals surface area contributed by atoms with Crippen LogP contribution >= 0.6 is 0 Å². The van der Waals surface area contributed by atoms with Crippen molar-refractivity contribution in [3.05, 3.63) is 78.8 Å². The lowest BCUT2D eigenvalue weighted by molar-refractivity contribution is -0.133. The summed E-state index contributed by atoms with van der Waals surface area (Å²) in [5.74, 6) is 0.298. The number of carbonyl (C=O) groups is 2. The molecular formula is C28H28N6O3. The third-order valence-corrected chi connectivity index (χ3v) is 6.70. The Morgan fingerprint density at radius 1 is 1.27 bits per heavy atom. The smallest absolute Gasteiger partial charge is 0.279 e. The standard InChI is InChI=1S/C28H28N6O3/c1-5-6-9-22(29-4)34-24-21-15-18(19-8-7-12-30-16-19)10-11-20(21)17-37-25(24)23(32-34)26(35)33-14-13-31-27(36)28(33,2)3/h5-12,15-16H,1,13-14,17H2,2-4H3,(H,31,36)/b9-6-,29-22?. The number of rotatable bonds is 4. The van der Waals surface area contributed by atoms with E-state index in [-0.39, 0.29) is 24.1 Å². The molecule has 0 saturated carbocycles. The van der Waals surface area contributed by atoms with Crippen LogP contribution in [0.15, 0.2) is 72.5 Å². The molecule has 188 valence electrons. The van der Waals surface area contributed by atoms with E-state index >= 15 is 0 Å². The molecule has 0 unspecified atom stereocenters. The average molecular weight is 497 g/mol. The molecule has 9 nitrogen and oxygen atoms in total. The molecule has 0 spiro atoms. The number of hydrogen-bond acceptors (Lipinski definition) is 6. The first-order valence-corrected chi connectivity index (χ1v) is 12.0. The van der Waals surface area contributed by atoms with Crippen LogP contribution in [0.5, 0.6) is 5.75 Å². The van der Waals surface area contributed by atoms with Gasteiger partial charge in [0, 0.05) is 43.7 Å². The molecule has 5 rings (SSSR count). The summed E-state index contributed by atoms with van der Waals surface area (Å²) in [5, 5.41) is 7.55. The van der Waals surface area contributed by atoms with E-state index in [9.17, 15) is 9.59 Å². The first-order chi connectivity index (χ1) is 17.9. The highest BCUT2D eigenvalue weighted by molar-refractivity contribution is 6.05. The molecule has 0 aliphatic carbocycles. The largest absolute Gasteiger partial charge is 0.484 e. The Bertz CT molecular complexity index is 1450. The van der Waals surface area contributed by atoms with Gasteiger partial charge in [-0.25, -0.2) is 4.68 Å². The van der Waals surface area contributed by atoms with E-state index in [0.29, 0.717) is 30.4 Å². The summed E-state index contributed by atoms with van der Waals surface area (Å²) in [4.78, 5) is 36.6. The number of piperazine rings is 1. The topological polar surface area (TPSA) is 102 Å². The van der Waals surface area contributed by atoms with Gasteiger partial charge in [0.1, 0.15) is 23.7 Å². The van der Waals surface area contributed by atoms with Crippen LogP contribution in [0.4, 0.5) is 0 Å². The summed E-state index contributed by atoms with van der Waals surface area (Å²) in [6.07, 6.45) is 8.72. The maximum atomic E-state index is 13.9. The number of nitrogens with one attached hydrogen (secondary N) is 1. The van der Waals surface area contributed by atoms with E-state index in [1.165, 1.54) is 0 Å². The monoisotopic (exact) mass is 496 g/mol. The number of aromatic nitrogens is 3. The van der Waals surface area contributed by atoms with Crippen LogP contribution in [0, 0.1) is 0 Å². The lowest BCUT2D eigenvalue weighted by atomic mass is 9.95. The summed E-state index contributed by atoms with van der Waals surface area (Å²) in [6.45, 7) is 8.23. The summed E-state index contributed by atoms with van der Waals surface area (Å²) in [7, 11) is 1.66. The van der Waals surface area contributed by atoms with Crippen molar-refractivity contribution in [2.24, 2.45) is 4.99 Å². The number of nitrogens with zero attached hydrogens (tertiary/aromatic N) is 5. The Morgan fingerprint density at radius 2 is 2.11 bits per heavy atom. The van der Waals surface area contributed by atoms with Crippen LogP contribution in [0.3, 0.4) is 0 Å². The van der Waals surface area contributed by atoms with E-state index in [1.54, 1.807) is 54.9 Å². The Balaban J connectivity index is 1.70. The fraction of sp³-hybridized carbons (Fsp3) is 0.250. The molecule has 2 aliphatic heterocycles.